The molecule has 4 aromatic carbocycles. The van der Waals surface area contributed by atoms with Gasteiger partial charge in [-0.05, 0) is 96.3 Å². The van der Waals surface area contributed by atoms with Crippen LogP contribution in [0.2, 0.25) is 10.0 Å². The van der Waals surface area contributed by atoms with E-state index in [9.17, 15) is 9.90 Å². The van der Waals surface area contributed by atoms with Crippen LogP contribution in [0.25, 0.3) is 33.5 Å². The van der Waals surface area contributed by atoms with Gasteiger partial charge >= 0.3 is 5.97 Å². The number of halogens is 2. The Morgan fingerprint density at radius 3 is 2.40 bits per heavy atom. The van der Waals surface area contributed by atoms with Gasteiger partial charge in [0, 0.05) is 21.7 Å². The molecule has 1 heterocycles. The highest BCUT2D eigenvalue weighted by Crippen LogP contribution is 2.37. The molecule has 0 aliphatic heterocycles. The zero-order valence-electron chi connectivity index (χ0n) is 21.8. The highest BCUT2D eigenvalue weighted by molar-refractivity contribution is 6.31. The first kappa shape index (κ1) is 26.4. The van der Waals surface area contributed by atoms with Crippen LogP contribution in [-0.4, -0.2) is 20.6 Å². The van der Waals surface area contributed by atoms with Crippen molar-refractivity contribution in [3.63, 3.8) is 0 Å². The third-order valence-electron chi connectivity index (χ3n) is 7.59. The summed E-state index contributed by atoms with van der Waals surface area (Å²) in [6.45, 7) is 0.348. The predicted molar refractivity (Wildman–Crippen MR) is 160 cm³/mol. The fourth-order valence-corrected chi connectivity index (χ4v) is 6.01. The molecule has 1 N–H and O–H groups in total. The predicted octanol–water partition coefficient (Wildman–Crippen LogP) is 9.46. The van der Waals surface area contributed by atoms with E-state index in [0.29, 0.717) is 28.2 Å². The van der Waals surface area contributed by atoms with Gasteiger partial charge in [0.25, 0.3) is 0 Å². The topological polar surface area (TPSA) is 64.3 Å². The van der Waals surface area contributed by atoms with Gasteiger partial charge in [-0.1, -0.05) is 60.7 Å². The Balaban J connectivity index is 1.29. The molecule has 5 nitrogen and oxygen atoms in total. The van der Waals surface area contributed by atoms with Gasteiger partial charge in [0.15, 0.2) is 0 Å². The van der Waals surface area contributed by atoms with Gasteiger partial charge < -0.3 is 14.4 Å². The number of carbonyl (C=O) groups is 1. The number of carboxylic acids is 1. The van der Waals surface area contributed by atoms with E-state index in [2.05, 4.69) is 4.57 Å². The molecule has 6 rings (SSSR count). The number of carboxylic acid groups (broad SMARTS) is 1. The Kier molecular flexibility index (Phi) is 7.50. The summed E-state index contributed by atoms with van der Waals surface area (Å²) in [5.41, 5.74) is 5.88. The van der Waals surface area contributed by atoms with Crippen molar-refractivity contribution in [1.29, 1.82) is 0 Å². The Bertz CT molecular complexity index is 1690. The smallest absolute Gasteiger partial charge is 0.335 e. The normalized spacial score (nSPS) is 13.9. The van der Waals surface area contributed by atoms with Crippen molar-refractivity contribution < 1.29 is 14.6 Å². The first-order valence-corrected chi connectivity index (χ1v) is 14.2. The molecule has 1 saturated carbocycles. The van der Waals surface area contributed by atoms with Crippen LogP contribution in [-0.2, 0) is 6.61 Å². The maximum Gasteiger partial charge on any atom is 0.335 e. The molecule has 0 radical (unpaired) electrons. The summed E-state index contributed by atoms with van der Waals surface area (Å²) in [6, 6.07) is 27.0. The zero-order valence-corrected chi connectivity index (χ0v) is 23.3. The van der Waals surface area contributed by atoms with Crippen LogP contribution in [0.15, 0.2) is 84.9 Å². The highest BCUT2D eigenvalue weighted by atomic mass is 35.5. The van der Waals surface area contributed by atoms with Crippen LogP contribution >= 0.6 is 23.2 Å². The van der Waals surface area contributed by atoms with Crippen molar-refractivity contribution in [2.45, 2.75) is 44.8 Å². The summed E-state index contributed by atoms with van der Waals surface area (Å²) in [7, 11) is 0. The van der Waals surface area contributed by atoms with Crippen molar-refractivity contribution in [3.8, 4) is 28.3 Å². The van der Waals surface area contributed by atoms with E-state index in [1.807, 2.05) is 72.8 Å². The minimum atomic E-state index is -0.949. The second-order valence-electron chi connectivity index (χ2n) is 10.2. The molecule has 0 spiro atoms. The van der Waals surface area contributed by atoms with Gasteiger partial charge in [-0.25, -0.2) is 9.78 Å². The van der Waals surface area contributed by atoms with Crippen LogP contribution in [0, 0.1) is 0 Å². The molecule has 7 heteroatoms. The Labute approximate surface area is 243 Å². The first-order valence-electron chi connectivity index (χ1n) is 13.5. The average molecular weight is 572 g/mol. The summed E-state index contributed by atoms with van der Waals surface area (Å²) in [6.07, 6.45) is 5.80. The average Bonchev–Trinajstić information content (AvgIpc) is 3.36. The molecule has 1 aromatic heterocycles. The third kappa shape index (κ3) is 5.45. The molecule has 0 atom stereocenters. The lowest BCUT2D eigenvalue weighted by Gasteiger charge is -2.25. The van der Waals surface area contributed by atoms with Gasteiger partial charge in [-0.15, -0.1) is 0 Å². The van der Waals surface area contributed by atoms with E-state index in [-0.39, 0.29) is 5.56 Å². The molecular formula is C33H28Cl2N2O3. The number of ether oxygens (including phenoxy) is 1. The van der Waals surface area contributed by atoms with Gasteiger partial charge in [0.05, 0.1) is 16.6 Å². The highest BCUT2D eigenvalue weighted by Gasteiger charge is 2.23. The fraction of sp³-hybridized carbons (Fsp3) is 0.212. The number of hydrogen-bond acceptors (Lipinski definition) is 3. The molecular weight excluding hydrogens is 543 g/mol. The molecule has 0 unspecified atom stereocenters. The number of rotatable bonds is 7. The Hall–Kier alpha value is -3.80. The van der Waals surface area contributed by atoms with Crippen molar-refractivity contribution in [1.82, 2.24) is 9.55 Å². The van der Waals surface area contributed by atoms with Crippen LogP contribution in [0.1, 0.15) is 54.1 Å². The molecule has 0 saturated heterocycles. The number of benzene rings is 4. The quantitative estimate of drug-likeness (QED) is 0.211. The third-order valence-corrected chi connectivity index (χ3v) is 8.06. The second-order valence-corrected chi connectivity index (χ2v) is 11.1. The number of nitrogens with zero attached hydrogens (tertiary/aromatic N) is 2. The van der Waals surface area contributed by atoms with Crippen LogP contribution in [0.5, 0.6) is 5.75 Å². The van der Waals surface area contributed by atoms with Crippen molar-refractivity contribution in [2.75, 3.05) is 0 Å². The summed E-state index contributed by atoms with van der Waals surface area (Å²) >= 11 is 12.6. The van der Waals surface area contributed by atoms with Gasteiger partial charge in [-0.3, -0.25) is 0 Å². The van der Waals surface area contributed by atoms with Gasteiger partial charge in [0.2, 0.25) is 0 Å². The lowest BCUT2D eigenvalue weighted by atomic mass is 9.95. The molecule has 0 bridgehead atoms. The van der Waals surface area contributed by atoms with Crippen LogP contribution in [0.3, 0.4) is 0 Å². The van der Waals surface area contributed by atoms with Crippen molar-refractivity contribution >= 4 is 40.2 Å². The monoisotopic (exact) mass is 570 g/mol. The molecule has 1 aliphatic carbocycles. The lowest BCUT2D eigenvalue weighted by molar-refractivity contribution is 0.0697. The summed E-state index contributed by atoms with van der Waals surface area (Å²) in [4.78, 5) is 16.5. The van der Waals surface area contributed by atoms with E-state index >= 15 is 0 Å². The van der Waals surface area contributed by atoms with E-state index in [0.717, 1.165) is 52.2 Å². The largest absolute Gasteiger partial charge is 0.489 e. The maximum absolute atomic E-state index is 11.6. The van der Waals surface area contributed by atoms with E-state index in [1.165, 1.54) is 19.3 Å². The van der Waals surface area contributed by atoms with Crippen molar-refractivity contribution in [2.24, 2.45) is 0 Å². The fourth-order valence-electron chi connectivity index (χ4n) is 5.62. The number of fused-ring (bicyclic) bond motifs is 1. The second kappa shape index (κ2) is 11.4. The van der Waals surface area contributed by atoms with Crippen LogP contribution < -0.4 is 4.74 Å². The minimum absolute atomic E-state index is 0.245. The molecule has 1 aliphatic rings. The SMILES string of the molecule is O=C(O)c1ccc2c(c1)nc(-c1ccc(OCc3cc(Cl)ccc3-c3cccc(Cl)c3)cc1)n2C1CCCCC1. The standard InChI is InChI=1S/C33H28Cl2N2O3/c34-25-6-4-5-22(17-25)29-15-12-26(35)18-24(29)20-40-28-13-9-21(10-14-28)32-36-30-19-23(33(38)39)11-16-31(30)37(32)27-7-2-1-3-8-27/h4-6,9-19,27H,1-3,7-8,20H2,(H,38,39). The lowest BCUT2D eigenvalue weighted by Crippen LogP contribution is -2.14. The molecule has 202 valence electrons. The molecule has 0 amide bonds. The first-order chi connectivity index (χ1) is 19.5. The molecule has 5 aromatic rings. The Morgan fingerprint density at radius 1 is 0.875 bits per heavy atom. The van der Waals surface area contributed by atoms with Crippen molar-refractivity contribution in [3.05, 3.63) is 106 Å². The summed E-state index contributed by atoms with van der Waals surface area (Å²) < 4.78 is 8.50. The van der Waals surface area contributed by atoms with E-state index in [4.69, 9.17) is 32.9 Å². The maximum atomic E-state index is 11.6. The molecule has 40 heavy (non-hydrogen) atoms. The summed E-state index contributed by atoms with van der Waals surface area (Å²) in [5, 5.41) is 10.8. The summed E-state index contributed by atoms with van der Waals surface area (Å²) in [5.74, 6) is 0.638. The van der Waals surface area contributed by atoms with E-state index < -0.39 is 5.97 Å². The number of aromatic nitrogens is 2. The number of hydrogen-bond donors (Lipinski definition) is 1. The zero-order chi connectivity index (χ0) is 27.6. The van der Waals surface area contributed by atoms with Gasteiger partial charge in [0.1, 0.15) is 18.2 Å². The number of imidazole rings is 1. The van der Waals surface area contributed by atoms with E-state index in [1.54, 1.807) is 12.1 Å². The molecule has 1 fully saturated rings. The van der Waals surface area contributed by atoms with Crippen LogP contribution in [0.4, 0.5) is 0 Å². The van der Waals surface area contributed by atoms with Gasteiger partial charge in [-0.2, -0.15) is 0 Å². The minimum Gasteiger partial charge on any atom is -0.489 e. The Morgan fingerprint density at radius 2 is 1.65 bits per heavy atom. The number of aromatic carboxylic acids is 1.